The summed E-state index contributed by atoms with van der Waals surface area (Å²) in [6, 6.07) is 10.8. The van der Waals surface area contributed by atoms with Gasteiger partial charge in [-0.1, -0.05) is 37.3 Å². The third-order valence-corrected chi connectivity index (χ3v) is 5.92. The zero-order valence-electron chi connectivity index (χ0n) is 10.4. The molecule has 1 heterocycles. The molecule has 0 saturated carbocycles. The lowest BCUT2D eigenvalue weighted by molar-refractivity contribution is 0.615. The lowest BCUT2D eigenvalue weighted by Gasteiger charge is -2.22. The van der Waals surface area contributed by atoms with Crippen LogP contribution < -0.4 is 5.32 Å². The fraction of sp³-hybridized carbons (Fsp3) is 0.571. The molecule has 17 heavy (non-hydrogen) atoms. The van der Waals surface area contributed by atoms with E-state index in [9.17, 15) is 0 Å². The van der Waals surface area contributed by atoms with E-state index in [4.69, 9.17) is 0 Å². The van der Waals surface area contributed by atoms with Gasteiger partial charge in [-0.3, -0.25) is 0 Å². The molecular formula is C14H21NS2. The van der Waals surface area contributed by atoms with Crippen molar-refractivity contribution >= 4 is 23.5 Å². The van der Waals surface area contributed by atoms with E-state index in [1.165, 1.54) is 22.8 Å². The van der Waals surface area contributed by atoms with Crippen LogP contribution in [0, 0.1) is 0 Å². The van der Waals surface area contributed by atoms with E-state index in [1.54, 1.807) is 0 Å². The number of nitrogens with one attached hydrogen (secondary N) is 1. The average Bonchev–Trinajstić information content (AvgIpc) is 2.41. The summed E-state index contributed by atoms with van der Waals surface area (Å²) in [5.74, 6) is 4.59. The molecule has 3 heteroatoms. The van der Waals surface area contributed by atoms with Crippen molar-refractivity contribution in [1.29, 1.82) is 0 Å². The molecule has 1 N–H and O–H groups in total. The van der Waals surface area contributed by atoms with Crippen molar-refractivity contribution in [2.45, 2.75) is 18.1 Å². The summed E-state index contributed by atoms with van der Waals surface area (Å²) in [6.07, 6.45) is 0. The third-order valence-electron chi connectivity index (χ3n) is 3.08. The lowest BCUT2D eigenvalue weighted by atomic mass is 10.0. The number of thioether (sulfide) groups is 2. The molecule has 1 saturated heterocycles. The fourth-order valence-electron chi connectivity index (χ4n) is 2.01. The van der Waals surface area contributed by atoms with E-state index in [2.05, 4.69) is 66.1 Å². The normalized spacial score (nSPS) is 22.3. The predicted molar refractivity (Wildman–Crippen MR) is 81.3 cm³/mol. The molecule has 0 aliphatic carbocycles. The third kappa shape index (κ3) is 4.57. The van der Waals surface area contributed by atoms with Crippen molar-refractivity contribution < 1.29 is 0 Å². The van der Waals surface area contributed by atoms with Gasteiger partial charge in [0.15, 0.2) is 0 Å². The van der Waals surface area contributed by atoms with Gasteiger partial charge in [0.2, 0.25) is 0 Å². The second-order valence-electron chi connectivity index (χ2n) is 4.54. The molecule has 1 fully saturated rings. The second-order valence-corrected chi connectivity index (χ2v) is 7.10. The Bertz CT molecular complexity index is 309. The van der Waals surface area contributed by atoms with E-state index < -0.39 is 0 Å². The Labute approximate surface area is 113 Å². The quantitative estimate of drug-likeness (QED) is 0.880. The van der Waals surface area contributed by atoms with Crippen molar-refractivity contribution in [3.8, 4) is 0 Å². The van der Waals surface area contributed by atoms with E-state index >= 15 is 0 Å². The van der Waals surface area contributed by atoms with Crippen molar-refractivity contribution in [3.63, 3.8) is 0 Å². The second kappa shape index (κ2) is 7.34. The van der Waals surface area contributed by atoms with Crippen molar-refractivity contribution in [3.05, 3.63) is 35.9 Å². The average molecular weight is 267 g/mol. The van der Waals surface area contributed by atoms with Gasteiger partial charge < -0.3 is 5.32 Å². The van der Waals surface area contributed by atoms with Gasteiger partial charge in [0, 0.05) is 35.6 Å². The molecule has 0 spiro atoms. The first-order valence-electron chi connectivity index (χ1n) is 6.31. The van der Waals surface area contributed by atoms with Crippen LogP contribution in [0.1, 0.15) is 18.4 Å². The van der Waals surface area contributed by atoms with Crippen molar-refractivity contribution in [1.82, 2.24) is 5.32 Å². The molecular weight excluding hydrogens is 246 g/mol. The summed E-state index contributed by atoms with van der Waals surface area (Å²) in [5, 5.41) is 4.44. The maximum Gasteiger partial charge on any atom is 0.0263 e. The first kappa shape index (κ1) is 13.3. The van der Waals surface area contributed by atoms with Crippen LogP contribution in [0.25, 0.3) is 0 Å². The molecule has 1 nitrogen and oxygen atoms in total. The summed E-state index contributed by atoms with van der Waals surface area (Å²) in [6.45, 7) is 4.55. The SMILES string of the molecule is CC(CNCC1CSCCS1)c1ccccc1. The Kier molecular flexibility index (Phi) is 5.75. The molecule has 94 valence electrons. The number of rotatable bonds is 5. The Morgan fingerprint density at radius 1 is 1.29 bits per heavy atom. The standard InChI is InChI=1S/C14H21NS2/c1-12(13-5-3-2-4-6-13)9-15-10-14-11-16-7-8-17-14/h2-6,12,14-15H,7-11H2,1H3. The first-order valence-corrected chi connectivity index (χ1v) is 8.51. The van der Waals surface area contributed by atoms with Gasteiger partial charge in [0.1, 0.15) is 0 Å². The minimum Gasteiger partial charge on any atom is -0.315 e. The van der Waals surface area contributed by atoms with E-state index in [0.29, 0.717) is 5.92 Å². The zero-order valence-corrected chi connectivity index (χ0v) is 12.0. The molecule has 2 rings (SSSR count). The van der Waals surface area contributed by atoms with Crippen LogP contribution in [0.15, 0.2) is 30.3 Å². The highest BCUT2D eigenvalue weighted by Crippen LogP contribution is 2.23. The highest BCUT2D eigenvalue weighted by atomic mass is 32.2. The van der Waals surface area contributed by atoms with Crippen molar-refractivity contribution in [2.75, 3.05) is 30.3 Å². The van der Waals surface area contributed by atoms with Gasteiger partial charge >= 0.3 is 0 Å². The summed E-state index contributed by atoms with van der Waals surface area (Å²) >= 11 is 4.22. The monoisotopic (exact) mass is 267 g/mol. The number of benzene rings is 1. The van der Waals surface area contributed by atoms with E-state index in [-0.39, 0.29) is 0 Å². The molecule has 2 atom stereocenters. The number of hydrogen-bond donors (Lipinski definition) is 1. The lowest BCUT2D eigenvalue weighted by Crippen LogP contribution is -2.31. The Balaban J connectivity index is 1.67. The Morgan fingerprint density at radius 3 is 2.82 bits per heavy atom. The summed E-state index contributed by atoms with van der Waals surface area (Å²) < 4.78 is 0. The largest absolute Gasteiger partial charge is 0.315 e. The maximum atomic E-state index is 3.62. The van der Waals surface area contributed by atoms with Crippen LogP contribution in [0.2, 0.25) is 0 Å². The van der Waals surface area contributed by atoms with Crippen LogP contribution in [0.5, 0.6) is 0 Å². The van der Waals surface area contributed by atoms with Crippen molar-refractivity contribution in [2.24, 2.45) is 0 Å². The first-order chi connectivity index (χ1) is 8.36. The molecule has 1 aliphatic rings. The zero-order chi connectivity index (χ0) is 11.9. The van der Waals surface area contributed by atoms with Crippen LogP contribution in [0.4, 0.5) is 0 Å². The Hall–Kier alpha value is -0.120. The summed E-state index contributed by atoms with van der Waals surface area (Å²) in [7, 11) is 0. The van der Waals surface area contributed by atoms with Gasteiger partial charge in [-0.2, -0.15) is 23.5 Å². The minimum atomic E-state index is 0.609. The molecule has 0 amide bonds. The molecule has 0 aromatic heterocycles. The summed E-state index contributed by atoms with van der Waals surface area (Å²) in [4.78, 5) is 0. The smallest absolute Gasteiger partial charge is 0.0263 e. The number of hydrogen-bond acceptors (Lipinski definition) is 3. The van der Waals surface area contributed by atoms with Gasteiger partial charge in [0.05, 0.1) is 0 Å². The van der Waals surface area contributed by atoms with Gasteiger partial charge in [-0.15, -0.1) is 0 Å². The molecule has 0 radical (unpaired) electrons. The highest BCUT2D eigenvalue weighted by Gasteiger charge is 2.14. The minimum absolute atomic E-state index is 0.609. The molecule has 1 aromatic rings. The van der Waals surface area contributed by atoms with Crippen LogP contribution >= 0.6 is 23.5 Å². The van der Waals surface area contributed by atoms with Gasteiger partial charge in [-0.05, 0) is 11.5 Å². The van der Waals surface area contributed by atoms with E-state index in [0.717, 1.165) is 18.3 Å². The topological polar surface area (TPSA) is 12.0 Å². The van der Waals surface area contributed by atoms with Gasteiger partial charge in [0.25, 0.3) is 0 Å². The van der Waals surface area contributed by atoms with Crippen LogP contribution in [0.3, 0.4) is 0 Å². The Morgan fingerprint density at radius 2 is 2.12 bits per heavy atom. The molecule has 2 unspecified atom stereocenters. The fourth-order valence-corrected chi connectivity index (χ4v) is 4.66. The molecule has 0 bridgehead atoms. The van der Waals surface area contributed by atoms with Crippen LogP contribution in [-0.4, -0.2) is 35.6 Å². The summed E-state index contributed by atoms with van der Waals surface area (Å²) in [5.41, 5.74) is 1.44. The highest BCUT2D eigenvalue weighted by molar-refractivity contribution is 8.06. The molecule has 1 aromatic carbocycles. The van der Waals surface area contributed by atoms with Gasteiger partial charge in [-0.25, -0.2) is 0 Å². The molecule has 1 aliphatic heterocycles. The van der Waals surface area contributed by atoms with E-state index in [1.807, 2.05) is 0 Å². The maximum absolute atomic E-state index is 3.62. The van der Waals surface area contributed by atoms with Crippen LogP contribution in [-0.2, 0) is 0 Å². The predicted octanol–water partition coefficient (Wildman–Crippen LogP) is 3.23.